The Morgan fingerprint density at radius 1 is 0.966 bits per heavy atom. The molecule has 4 N–H and O–H groups in total. The molecule has 0 spiro atoms. The van der Waals surface area contributed by atoms with E-state index in [1.165, 1.54) is 44.9 Å². The lowest BCUT2D eigenvalue weighted by molar-refractivity contribution is -0.138. The number of carbonyl (C=O) groups excluding carboxylic acids is 2. The van der Waals surface area contributed by atoms with E-state index in [0.717, 1.165) is 19.3 Å². The van der Waals surface area contributed by atoms with Crippen LogP contribution >= 0.6 is 0 Å². The van der Waals surface area contributed by atoms with Crippen molar-refractivity contribution in [3.05, 3.63) is 0 Å². The summed E-state index contributed by atoms with van der Waals surface area (Å²) in [7, 11) is 0. The highest BCUT2D eigenvalue weighted by Gasteiger charge is 2.27. The second kappa shape index (κ2) is 17.4. The molecule has 1 unspecified atom stereocenters. The molecule has 169 valence electrons. The van der Waals surface area contributed by atoms with Crippen molar-refractivity contribution in [2.45, 2.75) is 116 Å². The number of hydrogen-bond acceptors (Lipinski definition) is 4. The van der Waals surface area contributed by atoms with Gasteiger partial charge in [-0.05, 0) is 24.7 Å². The fraction of sp³-hybridized carbons (Fsp3) is 0.870. The molecule has 0 aliphatic carbocycles. The number of rotatable bonds is 19. The fourth-order valence-electron chi connectivity index (χ4n) is 3.62. The van der Waals surface area contributed by atoms with Crippen LogP contribution in [0.2, 0.25) is 0 Å². The van der Waals surface area contributed by atoms with E-state index >= 15 is 0 Å². The molecule has 0 saturated carbocycles. The predicted molar refractivity (Wildman–Crippen MR) is 117 cm³/mol. The molecule has 6 heteroatoms. The summed E-state index contributed by atoms with van der Waals surface area (Å²) < 4.78 is 0. The van der Waals surface area contributed by atoms with Crippen molar-refractivity contribution in [3.8, 4) is 0 Å². The number of aliphatic carboxylic acids is 1. The molecule has 0 fully saturated rings. The molecule has 0 aliphatic heterocycles. The molecular weight excluding hydrogens is 368 g/mol. The third kappa shape index (κ3) is 15.1. The molecule has 6 nitrogen and oxygen atoms in total. The smallest absolute Gasteiger partial charge is 0.303 e. The topological polar surface area (TPSA) is 109 Å². The van der Waals surface area contributed by atoms with Crippen molar-refractivity contribution in [1.82, 2.24) is 5.32 Å². The van der Waals surface area contributed by atoms with Gasteiger partial charge < -0.3 is 16.2 Å². The molecule has 0 aromatic carbocycles. The van der Waals surface area contributed by atoms with Crippen LogP contribution in [0.25, 0.3) is 0 Å². The van der Waals surface area contributed by atoms with Crippen LogP contribution in [0.5, 0.6) is 0 Å². The lowest BCUT2D eigenvalue weighted by atomic mass is 9.90. The summed E-state index contributed by atoms with van der Waals surface area (Å²) in [6.07, 6.45) is 14.7. The highest BCUT2D eigenvalue weighted by atomic mass is 16.4. The fourth-order valence-corrected chi connectivity index (χ4v) is 3.62. The van der Waals surface area contributed by atoms with Gasteiger partial charge in [0.1, 0.15) is 0 Å². The maximum absolute atomic E-state index is 12.2. The Kier molecular flexibility index (Phi) is 16.6. The normalized spacial score (nSPS) is 14.4. The second-order valence-corrected chi connectivity index (χ2v) is 8.67. The Morgan fingerprint density at radius 3 is 1.93 bits per heavy atom. The molecule has 0 rings (SSSR count). The van der Waals surface area contributed by atoms with Crippen molar-refractivity contribution >= 4 is 18.2 Å². The molecule has 1 amide bonds. The molecule has 3 atom stereocenters. The van der Waals surface area contributed by atoms with Crippen LogP contribution in [0, 0.1) is 11.8 Å². The quantitative estimate of drug-likeness (QED) is 0.274. The van der Waals surface area contributed by atoms with Gasteiger partial charge in [-0.1, -0.05) is 85.0 Å². The average Bonchev–Trinajstić information content (AvgIpc) is 2.65. The Hall–Kier alpha value is -1.43. The number of nitrogens with two attached hydrogens (primary N) is 1. The number of nitrogens with one attached hydrogen (secondary N) is 1. The largest absolute Gasteiger partial charge is 0.481 e. The number of unbranched alkanes of at least 4 members (excludes halogenated alkanes) is 9. The van der Waals surface area contributed by atoms with Crippen molar-refractivity contribution in [2.24, 2.45) is 17.6 Å². The Morgan fingerprint density at radius 2 is 1.48 bits per heavy atom. The van der Waals surface area contributed by atoms with Gasteiger partial charge in [-0.15, -0.1) is 0 Å². The van der Waals surface area contributed by atoms with Gasteiger partial charge in [0.2, 0.25) is 12.2 Å². The molecular formula is C23H43N2O4. The maximum Gasteiger partial charge on any atom is 0.303 e. The van der Waals surface area contributed by atoms with E-state index in [9.17, 15) is 19.5 Å². The van der Waals surface area contributed by atoms with Gasteiger partial charge in [0.25, 0.3) is 0 Å². The predicted octanol–water partition coefficient (Wildman–Crippen LogP) is 4.36. The molecule has 0 saturated heterocycles. The summed E-state index contributed by atoms with van der Waals surface area (Å²) in [6.45, 7) is 6.15. The van der Waals surface area contributed by atoms with Gasteiger partial charge in [0.05, 0.1) is 18.5 Å². The number of hydrogen-bond donors (Lipinski definition) is 3. The maximum atomic E-state index is 12.2. The first-order valence-corrected chi connectivity index (χ1v) is 11.5. The average molecular weight is 412 g/mol. The molecule has 0 aromatic heterocycles. The zero-order valence-corrected chi connectivity index (χ0v) is 18.8. The summed E-state index contributed by atoms with van der Waals surface area (Å²) in [5.41, 5.74) is 5.87. The van der Waals surface area contributed by atoms with E-state index in [2.05, 4.69) is 12.2 Å². The van der Waals surface area contributed by atoms with E-state index in [-0.39, 0.29) is 12.3 Å². The van der Waals surface area contributed by atoms with Crippen LogP contribution in [0.3, 0.4) is 0 Å². The lowest BCUT2D eigenvalue weighted by Gasteiger charge is -2.24. The zero-order chi connectivity index (χ0) is 22.1. The molecule has 0 heterocycles. The van der Waals surface area contributed by atoms with Crippen LogP contribution in [-0.2, 0) is 14.4 Å². The number of carboxylic acid groups (broad SMARTS) is 1. The number of carboxylic acids is 1. The number of carbonyl (C=O) groups is 2. The Bertz CT molecular complexity index is 454. The number of amides is 1. The minimum atomic E-state index is -0.969. The molecule has 0 bridgehead atoms. The highest BCUT2D eigenvalue weighted by Crippen LogP contribution is 2.19. The Balaban J connectivity index is 4.32. The van der Waals surface area contributed by atoms with E-state index in [0.29, 0.717) is 12.8 Å². The van der Waals surface area contributed by atoms with Crippen LogP contribution < -0.4 is 11.1 Å². The standard InChI is InChI=1S/C23H43N2O4/c1-4-5-6-7-8-9-10-11-12-13-14-19(16-22(27)28)21(17-26)25-23(29)20(24)15-18(2)3/h18-21H,4-16,24H2,1-3H3,(H,25,29)(H,27,28)/t19?,20-,21+/m0/s1. The highest BCUT2D eigenvalue weighted by molar-refractivity contribution is 5.84. The molecule has 29 heavy (non-hydrogen) atoms. The van der Waals surface area contributed by atoms with Gasteiger partial charge >= 0.3 is 5.97 Å². The third-order valence-electron chi connectivity index (χ3n) is 5.32. The van der Waals surface area contributed by atoms with Crippen LogP contribution in [0.4, 0.5) is 0 Å². The first-order valence-electron chi connectivity index (χ1n) is 11.5. The minimum Gasteiger partial charge on any atom is -0.481 e. The van der Waals surface area contributed by atoms with Gasteiger partial charge in [0, 0.05) is 0 Å². The van der Waals surface area contributed by atoms with Crippen LogP contribution in [-0.4, -0.2) is 35.4 Å². The van der Waals surface area contributed by atoms with Crippen LogP contribution in [0.15, 0.2) is 0 Å². The van der Waals surface area contributed by atoms with Crippen LogP contribution in [0.1, 0.15) is 104 Å². The first-order chi connectivity index (χ1) is 13.8. The second-order valence-electron chi connectivity index (χ2n) is 8.67. The SMILES string of the molecule is CCCCCCCCCCCCC(CC(=O)O)[C@@H]([C]=O)NC(=O)[C@@H](N)CC(C)C. The van der Waals surface area contributed by atoms with Crippen molar-refractivity contribution < 1.29 is 19.5 Å². The molecule has 1 radical (unpaired) electrons. The summed E-state index contributed by atoms with van der Waals surface area (Å²) >= 11 is 0. The van der Waals surface area contributed by atoms with Crippen molar-refractivity contribution in [3.63, 3.8) is 0 Å². The summed E-state index contributed by atoms with van der Waals surface area (Å²) in [4.78, 5) is 34.8. The first kappa shape index (κ1) is 27.6. The third-order valence-corrected chi connectivity index (χ3v) is 5.32. The van der Waals surface area contributed by atoms with E-state index in [1.807, 2.05) is 20.1 Å². The lowest BCUT2D eigenvalue weighted by Crippen LogP contribution is -2.49. The zero-order valence-electron chi connectivity index (χ0n) is 18.8. The molecule has 0 aliphatic rings. The summed E-state index contributed by atoms with van der Waals surface area (Å²) in [5.74, 6) is -1.57. The molecule has 0 aromatic rings. The van der Waals surface area contributed by atoms with E-state index in [4.69, 9.17) is 5.73 Å². The van der Waals surface area contributed by atoms with Gasteiger partial charge in [-0.25, -0.2) is 0 Å². The van der Waals surface area contributed by atoms with Gasteiger partial charge in [-0.3, -0.25) is 14.4 Å². The summed E-state index contributed by atoms with van der Waals surface area (Å²) in [5, 5.41) is 11.8. The monoisotopic (exact) mass is 411 g/mol. The van der Waals surface area contributed by atoms with E-state index < -0.39 is 29.9 Å². The summed E-state index contributed by atoms with van der Waals surface area (Å²) in [6, 6.07) is -1.62. The van der Waals surface area contributed by atoms with E-state index in [1.54, 1.807) is 0 Å². The van der Waals surface area contributed by atoms with Crippen molar-refractivity contribution in [1.29, 1.82) is 0 Å². The van der Waals surface area contributed by atoms with Crippen molar-refractivity contribution in [2.75, 3.05) is 0 Å². The minimum absolute atomic E-state index is 0.156. The van der Waals surface area contributed by atoms with Gasteiger partial charge in [0.15, 0.2) is 0 Å². The Labute approximate surface area is 177 Å². The van der Waals surface area contributed by atoms with Gasteiger partial charge in [-0.2, -0.15) is 0 Å².